The molecule has 2 aliphatic heterocycles. The summed E-state index contributed by atoms with van der Waals surface area (Å²) in [7, 11) is 0. The lowest BCUT2D eigenvalue weighted by Gasteiger charge is -2.47. The van der Waals surface area contributed by atoms with Gasteiger partial charge in [-0.25, -0.2) is 0 Å². The minimum absolute atomic E-state index is 0.221. The number of hydrogen-bond acceptors (Lipinski definition) is 3. The van der Waals surface area contributed by atoms with Crippen molar-refractivity contribution in [3.05, 3.63) is 48.0 Å². The number of benzene rings is 2. The van der Waals surface area contributed by atoms with Gasteiger partial charge in [-0.2, -0.15) is 0 Å². The van der Waals surface area contributed by atoms with Gasteiger partial charge in [0.25, 0.3) is 0 Å². The topological polar surface area (TPSA) is 41.5 Å². The third kappa shape index (κ3) is 3.23. The molecule has 27 heavy (non-hydrogen) atoms. The molecule has 2 aromatic rings. The molecule has 2 N–H and O–H groups in total. The highest BCUT2D eigenvalue weighted by Gasteiger charge is 2.42. The van der Waals surface area contributed by atoms with E-state index in [2.05, 4.69) is 23.5 Å². The van der Waals surface area contributed by atoms with E-state index in [1.165, 1.54) is 61.8 Å². The molecule has 0 bridgehead atoms. The summed E-state index contributed by atoms with van der Waals surface area (Å²) in [5.41, 5.74) is 4.91. The van der Waals surface area contributed by atoms with E-state index in [0.717, 1.165) is 18.1 Å². The lowest BCUT2D eigenvalue weighted by Crippen LogP contribution is -2.46. The summed E-state index contributed by atoms with van der Waals surface area (Å²) in [4.78, 5) is 0. The van der Waals surface area contributed by atoms with Gasteiger partial charge in [-0.15, -0.1) is 0 Å². The molecule has 2 aromatic carbocycles. The molecular formula is C24H29NO2. The van der Waals surface area contributed by atoms with Crippen LogP contribution in [0.5, 0.6) is 5.75 Å². The number of phenolic OH excluding ortho intramolecular Hbond substituents is 1. The van der Waals surface area contributed by atoms with E-state index < -0.39 is 0 Å². The molecule has 0 radical (unpaired) electrons. The standard InChI is InChI=1S/C24H29NO2/c26-19-11-8-16(9-12-19)18-10-13-22-21(15-18)24-20(7-4-14-27-24)23(25-22)17-5-2-1-3-6-17/h8-13,15,17,20,23-26H,1-7,14H2/t20?,23-,24?/m1/s1. The summed E-state index contributed by atoms with van der Waals surface area (Å²) in [6.45, 7) is 0.876. The lowest BCUT2D eigenvalue weighted by molar-refractivity contribution is -0.0457. The van der Waals surface area contributed by atoms with Crippen LogP contribution >= 0.6 is 0 Å². The van der Waals surface area contributed by atoms with Crippen LogP contribution in [0, 0.1) is 11.8 Å². The Balaban J connectivity index is 1.50. The second kappa shape index (κ2) is 7.20. The molecule has 2 fully saturated rings. The number of nitrogens with one attached hydrogen (secondary N) is 1. The van der Waals surface area contributed by atoms with Crippen molar-refractivity contribution in [3.63, 3.8) is 0 Å². The second-order valence-corrected chi connectivity index (χ2v) is 8.51. The molecule has 3 nitrogen and oxygen atoms in total. The summed E-state index contributed by atoms with van der Waals surface area (Å²) in [6.07, 6.45) is 9.56. The average molecular weight is 364 g/mol. The van der Waals surface area contributed by atoms with Crippen molar-refractivity contribution in [2.24, 2.45) is 11.8 Å². The SMILES string of the molecule is Oc1ccc(-c2ccc3c(c2)C2OCCCC2[C@@H](C2CCCCC2)N3)cc1. The Hall–Kier alpha value is -2.00. The predicted molar refractivity (Wildman–Crippen MR) is 109 cm³/mol. The minimum atomic E-state index is 0.221. The van der Waals surface area contributed by atoms with Gasteiger partial charge < -0.3 is 15.2 Å². The first kappa shape index (κ1) is 17.1. The predicted octanol–water partition coefficient (Wildman–Crippen LogP) is 5.90. The molecule has 2 unspecified atom stereocenters. The third-order valence-electron chi connectivity index (χ3n) is 6.87. The summed E-state index contributed by atoms with van der Waals surface area (Å²) in [6, 6.07) is 14.8. The monoisotopic (exact) mass is 363 g/mol. The van der Waals surface area contributed by atoms with Crippen molar-refractivity contribution in [2.75, 3.05) is 11.9 Å². The third-order valence-corrected chi connectivity index (χ3v) is 6.87. The molecule has 0 amide bonds. The molecular weight excluding hydrogens is 334 g/mol. The van der Waals surface area contributed by atoms with E-state index in [0.29, 0.717) is 17.7 Å². The quantitative estimate of drug-likeness (QED) is 0.698. The molecule has 3 aliphatic rings. The highest BCUT2D eigenvalue weighted by molar-refractivity contribution is 5.70. The number of anilines is 1. The smallest absolute Gasteiger partial charge is 0.115 e. The number of fused-ring (bicyclic) bond motifs is 3. The minimum Gasteiger partial charge on any atom is -0.508 e. The van der Waals surface area contributed by atoms with Gasteiger partial charge >= 0.3 is 0 Å². The fourth-order valence-electron chi connectivity index (χ4n) is 5.50. The van der Waals surface area contributed by atoms with Gasteiger partial charge in [-0.1, -0.05) is 37.5 Å². The maximum absolute atomic E-state index is 9.57. The summed E-state index contributed by atoms with van der Waals surface area (Å²) in [5.74, 6) is 1.69. The van der Waals surface area contributed by atoms with Crippen LogP contribution in [0.15, 0.2) is 42.5 Å². The van der Waals surface area contributed by atoms with Crippen molar-refractivity contribution in [3.8, 4) is 16.9 Å². The van der Waals surface area contributed by atoms with Crippen LogP contribution in [0.25, 0.3) is 11.1 Å². The highest BCUT2D eigenvalue weighted by Crippen LogP contribution is 2.48. The van der Waals surface area contributed by atoms with Crippen molar-refractivity contribution in [2.45, 2.75) is 57.1 Å². The lowest BCUT2D eigenvalue weighted by atomic mass is 9.71. The maximum Gasteiger partial charge on any atom is 0.115 e. The van der Waals surface area contributed by atoms with Crippen LogP contribution in [0.1, 0.15) is 56.6 Å². The Morgan fingerprint density at radius 2 is 1.63 bits per heavy atom. The van der Waals surface area contributed by atoms with Gasteiger partial charge in [-0.3, -0.25) is 0 Å². The summed E-state index contributed by atoms with van der Waals surface area (Å²) >= 11 is 0. The van der Waals surface area contributed by atoms with Crippen LogP contribution in [0.3, 0.4) is 0 Å². The van der Waals surface area contributed by atoms with Crippen LogP contribution in [-0.2, 0) is 4.74 Å². The Labute approximate surface area is 161 Å². The maximum atomic E-state index is 9.57. The van der Waals surface area contributed by atoms with E-state index >= 15 is 0 Å². The first-order valence-electron chi connectivity index (χ1n) is 10.6. The average Bonchev–Trinajstić information content (AvgIpc) is 2.74. The van der Waals surface area contributed by atoms with Gasteiger partial charge in [0.15, 0.2) is 0 Å². The molecule has 1 saturated carbocycles. The van der Waals surface area contributed by atoms with Crippen LogP contribution < -0.4 is 5.32 Å². The van der Waals surface area contributed by atoms with Crippen molar-refractivity contribution >= 4 is 5.69 Å². The molecule has 0 aromatic heterocycles. The second-order valence-electron chi connectivity index (χ2n) is 8.51. The van der Waals surface area contributed by atoms with Crippen LogP contribution in [0.4, 0.5) is 5.69 Å². The number of rotatable bonds is 2. The van der Waals surface area contributed by atoms with Gasteiger partial charge in [0.2, 0.25) is 0 Å². The fourth-order valence-corrected chi connectivity index (χ4v) is 5.50. The Bertz CT molecular complexity index is 795. The molecule has 1 saturated heterocycles. The zero-order valence-electron chi connectivity index (χ0n) is 15.9. The fraction of sp³-hybridized carbons (Fsp3) is 0.500. The van der Waals surface area contributed by atoms with Crippen molar-refractivity contribution < 1.29 is 9.84 Å². The van der Waals surface area contributed by atoms with E-state index in [1.54, 1.807) is 12.1 Å². The molecule has 2 heterocycles. The number of aromatic hydroxyl groups is 1. The van der Waals surface area contributed by atoms with E-state index in [-0.39, 0.29) is 6.10 Å². The first-order valence-corrected chi connectivity index (χ1v) is 10.6. The largest absolute Gasteiger partial charge is 0.508 e. The Morgan fingerprint density at radius 3 is 2.44 bits per heavy atom. The molecule has 3 heteroatoms. The molecule has 142 valence electrons. The van der Waals surface area contributed by atoms with E-state index in [9.17, 15) is 5.11 Å². The van der Waals surface area contributed by atoms with E-state index in [4.69, 9.17) is 4.74 Å². The number of ether oxygens (including phenoxy) is 1. The van der Waals surface area contributed by atoms with Crippen molar-refractivity contribution in [1.82, 2.24) is 0 Å². The molecule has 3 atom stereocenters. The van der Waals surface area contributed by atoms with Gasteiger partial charge in [-0.05, 0) is 67.0 Å². The molecule has 1 aliphatic carbocycles. The molecule has 0 spiro atoms. The van der Waals surface area contributed by atoms with Crippen LogP contribution in [0.2, 0.25) is 0 Å². The number of hydrogen-bond donors (Lipinski definition) is 2. The zero-order chi connectivity index (χ0) is 18.2. The molecule has 5 rings (SSSR count). The van der Waals surface area contributed by atoms with Gasteiger partial charge in [0, 0.05) is 29.8 Å². The van der Waals surface area contributed by atoms with E-state index in [1.807, 2.05) is 12.1 Å². The normalized spacial score (nSPS) is 28.1. The number of phenols is 1. The Kier molecular flexibility index (Phi) is 4.56. The Morgan fingerprint density at radius 1 is 0.852 bits per heavy atom. The first-order chi connectivity index (χ1) is 13.3. The van der Waals surface area contributed by atoms with Crippen LogP contribution in [-0.4, -0.2) is 17.8 Å². The zero-order valence-corrected chi connectivity index (χ0v) is 15.9. The van der Waals surface area contributed by atoms with Crippen molar-refractivity contribution in [1.29, 1.82) is 0 Å². The highest BCUT2D eigenvalue weighted by atomic mass is 16.5. The summed E-state index contributed by atoms with van der Waals surface area (Å²) in [5, 5.41) is 13.5. The summed E-state index contributed by atoms with van der Waals surface area (Å²) < 4.78 is 6.36. The van der Waals surface area contributed by atoms with Gasteiger partial charge in [0.1, 0.15) is 5.75 Å². The van der Waals surface area contributed by atoms with Gasteiger partial charge in [0.05, 0.1) is 6.10 Å².